The third-order valence-electron chi connectivity index (χ3n) is 3.44. The molecular formula is C12H17ClN2O. The summed E-state index contributed by atoms with van der Waals surface area (Å²) < 4.78 is 0. The minimum absolute atomic E-state index is 0.196. The summed E-state index contributed by atoms with van der Waals surface area (Å²) in [5, 5.41) is 10.0. The van der Waals surface area contributed by atoms with E-state index < -0.39 is 0 Å². The highest BCUT2D eigenvalue weighted by Crippen LogP contribution is 2.35. The molecule has 1 heterocycles. The molecule has 3 nitrogen and oxygen atoms in total. The van der Waals surface area contributed by atoms with Crippen molar-refractivity contribution in [3.63, 3.8) is 0 Å². The van der Waals surface area contributed by atoms with Crippen molar-refractivity contribution in [3.05, 3.63) is 28.5 Å². The van der Waals surface area contributed by atoms with Crippen LogP contribution in [-0.2, 0) is 5.54 Å². The molecule has 0 amide bonds. The van der Waals surface area contributed by atoms with Crippen LogP contribution in [0.5, 0.6) is 0 Å². The zero-order valence-electron chi connectivity index (χ0n) is 9.41. The standard InChI is InChI=1S/C12H17ClN2O/c1-8-6-9(7-15-11(8)13)12(14)4-2-10(16)3-5-12/h6-7,10,16H,2-5,14H2,1H3. The molecule has 0 atom stereocenters. The van der Waals surface area contributed by atoms with Gasteiger partial charge < -0.3 is 10.8 Å². The quantitative estimate of drug-likeness (QED) is 0.740. The number of aliphatic hydroxyl groups excluding tert-OH is 1. The van der Waals surface area contributed by atoms with E-state index in [1.54, 1.807) is 6.20 Å². The van der Waals surface area contributed by atoms with Gasteiger partial charge in [-0.1, -0.05) is 11.6 Å². The molecular weight excluding hydrogens is 224 g/mol. The highest BCUT2D eigenvalue weighted by Gasteiger charge is 2.33. The lowest BCUT2D eigenvalue weighted by molar-refractivity contribution is 0.0968. The monoisotopic (exact) mass is 240 g/mol. The van der Waals surface area contributed by atoms with E-state index >= 15 is 0 Å². The average Bonchev–Trinajstić information content (AvgIpc) is 2.26. The van der Waals surface area contributed by atoms with Gasteiger partial charge in [-0.25, -0.2) is 4.98 Å². The second-order valence-corrected chi connectivity index (χ2v) is 5.08. The first-order valence-electron chi connectivity index (χ1n) is 5.61. The maximum Gasteiger partial charge on any atom is 0.131 e. The largest absolute Gasteiger partial charge is 0.393 e. The zero-order valence-corrected chi connectivity index (χ0v) is 10.2. The van der Waals surface area contributed by atoms with Crippen LogP contribution in [-0.4, -0.2) is 16.2 Å². The average molecular weight is 241 g/mol. The van der Waals surface area contributed by atoms with E-state index in [2.05, 4.69) is 4.98 Å². The maximum atomic E-state index is 9.49. The lowest BCUT2D eigenvalue weighted by Gasteiger charge is -2.35. The Balaban J connectivity index is 2.25. The number of aryl methyl sites for hydroxylation is 1. The Bertz CT molecular complexity index is 387. The molecule has 0 aliphatic heterocycles. The van der Waals surface area contributed by atoms with Gasteiger partial charge in [0.25, 0.3) is 0 Å². The van der Waals surface area contributed by atoms with E-state index in [1.165, 1.54) is 0 Å². The molecule has 1 aromatic rings. The number of aromatic nitrogens is 1. The lowest BCUT2D eigenvalue weighted by atomic mass is 9.77. The van der Waals surface area contributed by atoms with E-state index in [-0.39, 0.29) is 11.6 Å². The maximum absolute atomic E-state index is 9.49. The predicted molar refractivity (Wildman–Crippen MR) is 64.3 cm³/mol. The van der Waals surface area contributed by atoms with E-state index in [9.17, 15) is 5.11 Å². The molecule has 1 saturated carbocycles. The highest BCUT2D eigenvalue weighted by molar-refractivity contribution is 6.30. The van der Waals surface area contributed by atoms with Crippen molar-refractivity contribution >= 4 is 11.6 Å². The summed E-state index contributed by atoms with van der Waals surface area (Å²) in [6.45, 7) is 1.93. The molecule has 0 unspecified atom stereocenters. The summed E-state index contributed by atoms with van der Waals surface area (Å²) in [7, 11) is 0. The summed E-state index contributed by atoms with van der Waals surface area (Å²) in [4.78, 5) is 4.14. The van der Waals surface area contributed by atoms with Crippen LogP contribution in [0.4, 0.5) is 0 Å². The van der Waals surface area contributed by atoms with Gasteiger partial charge in [0.2, 0.25) is 0 Å². The summed E-state index contributed by atoms with van der Waals surface area (Å²) in [6, 6.07) is 2.01. The third kappa shape index (κ3) is 2.21. The molecule has 0 radical (unpaired) electrons. The van der Waals surface area contributed by atoms with E-state index in [1.807, 2.05) is 13.0 Å². The molecule has 88 valence electrons. The van der Waals surface area contributed by atoms with Gasteiger partial charge in [-0.05, 0) is 49.8 Å². The molecule has 0 bridgehead atoms. The molecule has 0 saturated heterocycles. The fourth-order valence-corrected chi connectivity index (χ4v) is 2.34. The number of halogens is 1. The first kappa shape index (κ1) is 11.8. The van der Waals surface area contributed by atoms with Crippen LogP contribution in [0, 0.1) is 6.92 Å². The van der Waals surface area contributed by atoms with E-state index in [0.717, 1.165) is 36.8 Å². The van der Waals surface area contributed by atoms with Gasteiger partial charge in [0.15, 0.2) is 0 Å². The van der Waals surface area contributed by atoms with Gasteiger partial charge in [0.1, 0.15) is 5.15 Å². The minimum Gasteiger partial charge on any atom is -0.393 e. The van der Waals surface area contributed by atoms with Gasteiger partial charge in [-0.15, -0.1) is 0 Å². The van der Waals surface area contributed by atoms with Crippen LogP contribution in [0.25, 0.3) is 0 Å². The van der Waals surface area contributed by atoms with Crippen molar-refractivity contribution < 1.29 is 5.11 Å². The minimum atomic E-state index is -0.346. The molecule has 4 heteroatoms. The Morgan fingerprint density at radius 2 is 2.12 bits per heavy atom. The Kier molecular flexibility index (Phi) is 3.19. The lowest BCUT2D eigenvalue weighted by Crippen LogP contribution is -2.41. The van der Waals surface area contributed by atoms with Crippen molar-refractivity contribution in [2.24, 2.45) is 5.73 Å². The summed E-state index contributed by atoms with van der Waals surface area (Å²) in [5.41, 5.74) is 8.00. The highest BCUT2D eigenvalue weighted by atomic mass is 35.5. The van der Waals surface area contributed by atoms with Crippen LogP contribution < -0.4 is 5.73 Å². The van der Waals surface area contributed by atoms with Gasteiger partial charge in [0, 0.05) is 11.7 Å². The first-order valence-corrected chi connectivity index (χ1v) is 5.99. The molecule has 2 rings (SSSR count). The second-order valence-electron chi connectivity index (χ2n) is 4.72. The third-order valence-corrected chi connectivity index (χ3v) is 3.83. The van der Waals surface area contributed by atoms with Crippen LogP contribution in [0.15, 0.2) is 12.3 Å². The predicted octanol–water partition coefficient (Wildman–Crippen LogP) is 2.13. The summed E-state index contributed by atoms with van der Waals surface area (Å²) >= 11 is 5.90. The second kappa shape index (κ2) is 4.32. The number of nitrogens with two attached hydrogens (primary N) is 1. The number of pyridine rings is 1. The van der Waals surface area contributed by atoms with E-state index in [0.29, 0.717) is 5.15 Å². The molecule has 3 N–H and O–H groups in total. The Morgan fingerprint density at radius 3 is 2.69 bits per heavy atom. The van der Waals surface area contributed by atoms with Crippen molar-refractivity contribution in [1.82, 2.24) is 4.98 Å². The smallest absolute Gasteiger partial charge is 0.131 e. The van der Waals surface area contributed by atoms with Crippen molar-refractivity contribution in [2.75, 3.05) is 0 Å². The van der Waals surface area contributed by atoms with Gasteiger partial charge in [-0.3, -0.25) is 0 Å². The molecule has 0 aromatic carbocycles. The Morgan fingerprint density at radius 1 is 1.50 bits per heavy atom. The van der Waals surface area contributed by atoms with Crippen LogP contribution in [0.2, 0.25) is 5.15 Å². The number of rotatable bonds is 1. The summed E-state index contributed by atoms with van der Waals surface area (Å²) in [6.07, 6.45) is 4.69. The molecule has 1 fully saturated rings. The Hall–Kier alpha value is -0.640. The van der Waals surface area contributed by atoms with E-state index in [4.69, 9.17) is 17.3 Å². The molecule has 16 heavy (non-hydrogen) atoms. The number of hydrogen-bond donors (Lipinski definition) is 2. The number of nitrogens with zero attached hydrogens (tertiary/aromatic N) is 1. The van der Waals surface area contributed by atoms with Crippen LogP contribution >= 0.6 is 11.6 Å². The molecule has 1 aliphatic rings. The van der Waals surface area contributed by atoms with Crippen molar-refractivity contribution in [3.8, 4) is 0 Å². The SMILES string of the molecule is Cc1cc(C2(N)CCC(O)CC2)cnc1Cl. The molecule has 1 aromatic heterocycles. The van der Waals surface area contributed by atoms with Crippen molar-refractivity contribution in [1.29, 1.82) is 0 Å². The van der Waals surface area contributed by atoms with Gasteiger partial charge >= 0.3 is 0 Å². The molecule has 0 spiro atoms. The number of aliphatic hydroxyl groups is 1. The first-order chi connectivity index (χ1) is 7.51. The summed E-state index contributed by atoms with van der Waals surface area (Å²) in [5.74, 6) is 0. The zero-order chi connectivity index (χ0) is 11.8. The number of hydrogen-bond acceptors (Lipinski definition) is 3. The normalized spacial score (nSPS) is 30.4. The fraction of sp³-hybridized carbons (Fsp3) is 0.583. The molecule has 1 aliphatic carbocycles. The van der Waals surface area contributed by atoms with Crippen LogP contribution in [0.1, 0.15) is 36.8 Å². The topological polar surface area (TPSA) is 59.1 Å². The van der Waals surface area contributed by atoms with Crippen molar-refractivity contribution in [2.45, 2.75) is 44.2 Å². The van der Waals surface area contributed by atoms with Crippen LogP contribution in [0.3, 0.4) is 0 Å². The van der Waals surface area contributed by atoms with Gasteiger partial charge in [0.05, 0.1) is 6.10 Å². The van der Waals surface area contributed by atoms with Gasteiger partial charge in [-0.2, -0.15) is 0 Å². The Labute approximate surface area is 101 Å². The fourth-order valence-electron chi connectivity index (χ4n) is 2.24.